The van der Waals surface area contributed by atoms with E-state index in [-0.39, 0.29) is 32.7 Å². The molecular weight excluding hydrogens is 439 g/mol. The molecule has 0 N–H and O–H groups in total. The molecule has 4 aromatic carbocycles. The molecule has 0 aliphatic carbocycles. The molecule has 1 radical (unpaired) electrons. The second kappa shape index (κ2) is 10.5. The number of hydrogen-bond donors (Lipinski definition) is 0. The van der Waals surface area contributed by atoms with Gasteiger partial charge in [0.05, 0.1) is 0 Å². The van der Waals surface area contributed by atoms with Crippen LogP contribution in [0.3, 0.4) is 0 Å². The van der Waals surface area contributed by atoms with Crippen molar-refractivity contribution < 1.29 is 32.7 Å². The van der Waals surface area contributed by atoms with Gasteiger partial charge in [-0.3, -0.25) is 0 Å². The Morgan fingerprint density at radius 1 is 0.700 bits per heavy atom. The molecule has 0 aromatic heterocycles. The van der Waals surface area contributed by atoms with E-state index in [1.165, 1.54) is 16.7 Å². The maximum absolute atomic E-state index is 3.82. The fourth-order valence-electron chi connectivity index (χ4n) is 3.44. The van der Waals surface area contributed by atoms with Gasteiger partial charge < -0.3 is 4.90 Å². The third kappa shape index (κ3) is 5.36. The van der Waals surface area contributed by atoms with Crippen LogP contribution in [0.2, 0.25) is 0 Å². The van der Waals surface area contributed by atoms with Crippen molar-refractivity contribution in [1.29, 1.82) is 0 Å². The van der Waals surface area contributed by atoms with Crippen molar-refractivity contribution >= 4 is 23.1 Å². The third-order valence-electron chi connectivity index (χ3n) is 5.07. The number of anilines is 3. The van der Waals surface area contributed by atoms with Crippen LogP contribution >= 0.6 is 0 Å². The summed E-state index contributed by atoms with van der Waals surface area (Å²) >= 11 is 0. The van der Waals surface area contributed by atoms with Gasteiger partial charge in [0.15, 0.2) is 0 Å². The van der Waals surface area contributed by atoms with E-state index in [1.54, 1.807) is 0 Å². The molecule has 4 rings (SSSR count). The first kappa shape index (κ1) is 22.2. The summed E-state index contributed by atoms with van der Waals surface area (Å²) in [7, 11) is 0. The predicted octanol–water partition coefficient (Wildman–Crippen LogP) is 7.50. The zero-order chi connectivity index (χ0) is 20.1. The first-order valence-corrected chi connectivity index (χ1v) is 9.86. The molecule has 0 fully saturated rings. The Labute approximate surface area is 205 Å². The average molecular weight is 463 g/mol. The van der Waals surface area contributed by atoms with Gasteiger partial charge in [-0.15, -0.1) is 12.1 Å². The Hall–Kier alpha value is -2.48. The number of benzene rings is 4. The summed E-state index contributed by atoms with van der Waals surface area (Å²) in [5.41, 5.74) is 8.43. The van der Waals surface area contributed by atoms with Gasteiger partial charge in [0.25, 0.3) is 0 Å². The summed E-state index contributed by atoms with van der Waals surface area (Å²) in [5, 5.41) is 0. The van der Waals surface area contributed by atoms with E-state index in [4.69, 9.17) is 0 Å². The van der Waals surface area contributed by atoms with Gasteiger partial charge in [0, 0.05) is 44.1 Å². The van der Waals surface area contributed by atoms with Crippen molar-refractivity contribution in [3.63, 3.8) is 0 Å². The molecule has 30 heavy (non-hydrogen) atoms. The number of nitrogens with zero attached hydrogens (tertiary/aromatic N) is 1. The van der Waals surface area contributed by atoms with Crippen molar-refractivity contribution in [2.24, 2.45) is 0 Å². The summed E-state index contributed by atoms with van der Waals surface area (Å²) < 4.78 is 0. The molecule has 0 aliphatic heterocycles. The van der Waals surface area contributed by atoms with E-state index < -0.39 is 0 Å². The fourth-order valence-corrected chi connectivity index (χ4v) is 3.44. The molecule has 1 nitrogen and oxygen atoms in total. The van der Waals surface area contributed by atoms with Crippen molar-refractivity contribution in [3.05, 3.63) is 132 Å². The van der Waals surface area contributed by atoms with Crippen LogP contribution in [0.5, 0.6) is 0 Å². The molecule has 0 bridgehead atoms. The van der Waals surface area contributed by atoms with Gasteiger partial charge in [-0.2, -0.15) is 18.2 Å². The molecule has 0 saturated carbocycles. The number of aryl methyl sites for hydroxylation is 1. The van der Waals surface area contributed by atoms with Crippen molar-refractivity contribution in [2.45, 2.75) is 13.3 Å². The van der Waals surface area contributed by atoms with E-state index >= 15 is 0 Å². The molecule has 0 saturated heterocycles. The Morgan fingerprint density at radius 3 is 1.70 bits per heavy atom. The van der Waals surface area contributed by atoms with Crippen molar-refractivity contribution in [2.75, 3.05) is 4.90 Å². The summed E-state index contributed by atoms with van der Waals surface area (Å²) in [6, 6.07) is 37.2. The molecule has 0 spiro atoms. The van der Waals surface area contributed by atoms with E-state index in [0.717, 1.165) is 29.0 Å². The van der Waals surface area contributed by atoms with E-state index in [1.807, 2.05) is 18.2 Å². The minimum Gasteiger partial charge on any atom is -0.334 e. The summed E-state index contributed by atoms with van der Waals surface area (Å²) in [5.74, 6) is 0. The van der Waals surface area contributed by atoms with Crippen LogP contribution < -0.4 is 4.90 Å². The topological polar surface area (TPSA) is 3.24 Å². The van der Waals surface area contributed by atoms with E-state index in [0.29, 0.717) is 0 Å². The van der Waals surface area contributed by atoms with Gasteiger partial charge in [0.1, 0.15) is 0 Å². The van der Waals surface area contributed by atoms with Crippen molar-refractivity contribution in [1.82, 2.24) is 0 Å². The first-order valence-electron chi connectivity index (χ1n) is 9.86. The second-order valence-corrected chi connectivity index (χ2v) is 7.22. The van der Waals surface area contributed by atoms with Crippen LogP contribution in [0, 0.1) is 13.0 Å². The Bertz CT molecular complexity index is 1070. The molecule has 0 aliphatic rings. The van der Waals surface area contributed by atoms with Gasteiger partial charge in [-0.25, -0.2) is 0 Å². The van der Waals surface area contributed by atoms with Crippen LogP contribution in [-0.4, -0.2) is 0 Å². The second-order valence-electron chi connectivity index (χ2n) is 7.22. The molecule has 0 amide bonds. The summed E-state index contributed by atoms with van der Waals surface area (Å²) in [4.78, 5) is 2.27. The first-order chi connectivity index (χ1) is 14.2. The number of hydrogen-bond acceptors (Lipinski definition) is 1. The molecule has 0 unspecified atom stereocenters. The summed E-state index contributed by atoms with van der Waals surface area (Å²) in [6.45, 7) is 5.93. The van der Waals surface area contributed by atoms with Crippen LogP contribution in [0.15, 0.2) is 104 Å². The molecule has 0 atom stereocenters. The van der Waals surface area contributed by atoms with Gasteiger partial charge in [-0.05, 0) is 54.3 Å². The largest absolute Gasteiger partial charge is 0.334 e. The molecule has 0 heterocycles. The monoisotopic (exact) mass is 463 g/mol. The van der Waals surface area contributed by atoms with E-state index in [2.05, 4.69) is 109 Å². The van der Waals surface area contributed by atoms with Crippen LogP contribution in [0.4, 0.5) is 17.1 Å². The maximum Gasteiger partial charge on any atom is 0.0438 e. The minimum absolute atomic E-state index is 0. The molecular formula is C28H24NY-. The average Bonchev–Trinajstić information content (AvgIpc) is 2.78. The van der Waals surface area contributed by atoms with Crippen LogP contribution in [-0.2, 0) is 39.1 Å². The SMILES string of the molecule is C=Cc1ccc(Cc2ccc(N(c3cc[c-]cc3)c3ccc(C)cc3)cc2)cc1.[Y]. The Morgan fingerprint density at radius 2 is 1.17 bits per heavy atom. The number of rotatable bonds is 6. The zero-order valence-electron chi connectivity index (χ0n) is 17.3. The fraction of sp³-hybridized carbons (Fsp3) is 0.0714. The summed E-state index contributed by atoms with van der Waals surface area (Å²) in [6.07, 6.45) is 2.79. The zero-order valence-corrected chi connectivity index (χ0v) is 20.1. The maximum atomic E-state index is 3.82. The van der Waals surface area contributed by atoms with Gasteiger partial charge in [0.2, 0.25) is 0 Å². The quantitative estimate of drug-likeness (QED) is 0.268. The molecule has 4 aromatic rings. The van der Waals surface area contributed by atoms with Crippen LogP contribution in [0.25, 0.3) is 6.08 Å². The van der Waals surface area contributed by atoms with Gasteiger partial charge >= 0.3 is 0 Å². The van der Waals surface area contributed by atoms with Crippen LogP contribution in [0.1, 0.15) is 22.3 Å². The third-order valence-corrected chi connectivity index (χ3v) is 5.07. The molecule has 2 heteroatoms. The standard InChI is InChI=1S/C28H24N.Y/c1-3-23-11-13-24(14-12-23)21-25-15-19-28(20-16-25)29(26-7-5-4-6-8-26)27-17-9-22(2)10-18-27;/h3,5-20H,1,21H2,2H3;/q-1;. The van der Waals surface area contributed by atoms with Gasteiger partial charge in [-0.1, -0.05) is 72.4 Å². The van der Waals surface area contributed by atoms with E-state index in [9.17, 15) is 0 Å². The minimum atomic E-state index is 0. The predicted molar refractivity (Wildman–Crippen MR) is 124 cm³/mol. The Balaban J connectivity index is 0.00000256. The molecule has 145 valence electrons. The smallest absolute Gasteiger partial charge is 0.0438 e. The Kier molecular flexibility index (Phi) is 7.79. The van der Waals surface area contributed by atoms with Crippen molar-refractivity contribution in [3.8, 4) is 0 Å². The normalized spacial score (nSPS) is 10.2.